The van der Waals surface area contributed by atoms with Gasteiger partial charge in [-0.3, -0.25) is 4.79 Å². The molecule has 0 spiro atoms. The molecule has 1 aliphatic rings. The summed E-state index contributed by atoms with van der Waals surface area (Å²) in [6, 6.07) is 5.98. The summed E-state index contributed by atoms with van der Waals surface area (Å²) in [6.07, 6.45) is 2.97. The molecule has 1 fully saturated rings. The molecule has 0 aromatic heterocycles. The van der Waals surface area contributed by atoms with E-state index in [2.05, 4.69) is 0 Å². The summed E-state index contributed by atoms with van der Waals surface area (Å²) in [5.41, 5.74) is 2.95. The molecule has 1 saturated heterocycles. The van der Waals surface area contributed by atoms with Crippen molar-refractivity contribution >= 4 is 5.91 Å². The number of aliphatic hydroxyl groups excluding tert-OH is 1. The van der Waals surface area contributed by atoms with Gasteiger partial charge >= 0.3 is 0 Å². The standard InChI is InChI=1S/C16H23NO2/c1-12-5-3-6-13(2)15(12)16(19)17-9-4-7-14(11-17)8-10-18/h3,5-6,14,18H,4,7-11H2,1-2H3. The Bertz CT molecular complexity index is 434. The molecule has 1 heterocycles. The van der Waals surface area contributed by atoms with Crippen LogP contribution < -0.4 is 0 Å². The summed E-state index contributed by atoms with van der Waals surface area (Å²) in [5.74, 6) is 0.602. The van der Waals surface area contributed by atoms with Gasteiger partial charge in [0.2, 0.25) is 0 Å². The molecule has 1 aromatic carbocycles. The Morgan fingerprint density at radius 3 is 2.68 bits per heavy atom. The highest BCUT2D eigenvalue weighted by molar-refractivity contribution is 5.97. The second-order valence-corrected chi connectivity index (χ2v) is 5.54. The highest BCUT2D eigenvalue weighted by atomic mass is 16.3. The largest absolute Gasteiger partial charge is 0.396 e. The summed E-state index contributed by atoms with van der Waals surface area (Å²) < 4.78 is 0. The smallest absolute Gasteiger partial charge is 0.254 e. The maximum atomic E-state index is 12.7. The van der Waals surface area contributed by atoms with Crippen LogP contribution >= 0.6 is 0 Å². The Kier molecular flexibility index (Phi) is 4.59. The van der Waals surface area contributed by atoms with Crippen molar-refractivity contribution in [3.05, 3.63) is 34.9 Å². The first-order chi connectivity index (χ1) is 9.13. The van der Waals surface area contributed by atoms with Crippen LogP contribution in [0.1, 0.15) is 40.7 Å². The van der Waals surface area contributed by atoms with Crippen LogP contribution in [-0.4, -0.2) is 35.6 Å². The number of carbonyl (C=O) groups is 1. The van der Waals surface area contributed by atoms with Gasteiger partial charge in [0.15, 0.2) is 0 Å². The summed E-state index contributed by atoms with van der Waals surface area (Å²) in [7, 11) is 0. The Morgan fingerprint density at radius 2 is 2.05 bits per heavy atom. The lowest BCUT2D eigenvalue weighted by Crippen LogP contribution is -2.40. The Hall–Kier alpha value is -1.35. The molecule has 19 heavy (non-hydrogen) atoms. The maximum Gasteiger partial charge on any atom is 0.254 e. The third-order valence-corrected chi connectivity index (χ3v) is 4.04. The van der Waals surface area contributed by atoms with E-state index in [-0.39, 0.29) is 12.5 Å². The molecule has 2 rings (SSSR count). The van der Waals surface area contributed by atoms with Gasteiger partial charge in [-0.25, -0.2) is 0 Å². The minimum Gasteiger partial charge on any atom is -0.396 e. The molecule has 0 bridgehead atoms. The third kappa shape index (κ3) is 3.16. The van der Waals surface area contributed by atoms with Crippen molar-refractivity contribution in [1.29, 1.82) is 0 Å². The monoisotopic (exact) mass is 261 g/mol. The summed E-state index contributed by atoms with van der Waals surface area (Å²) in [4.78, 5) is 14.6. The number of benzene rings is 1. The van der Waals surface area contributed by atoms with Gasteiger partial charge in [-0.05, 0) is 50.2 Å². The van der Waals surface area contributed by atoms with Crippen molar-refractivity contribution in [3.8, 4) is 0 Å². The Balaban J connectivity index is 2.15. The predicted molar refractivity (Wildman–Crippen MR) is 76.2 cm³/mol. The fourth-order valence-electron chi connectivity index (χ4n) is 2.98. The van der Waals surface area contributed by atoms with Gasteiger partial charge in [-0.1, -0.05) is 18.2 Å². The van der Waals surface area contributed by atoms with E-state index in [1.54, 1.807) is 0 Å². The van der Waals surface area contributed by atoms with E-state index in [9.17, 15) is 4.79 Å². The topological polar surface area (TPSA) is 40.5 Å². The van der Waals surface area contributed by atoms with E-state index < -0.39 is 0 Å². The molecule has 1 aromatic rings. The zero-order valence-corrected chi connectivity index (χ0v) is 11.9. The molecular weight excluding hydrogens is 238 g/mol. The van der Waals surface area contributed by atoms with Crippen LogP contribution in [0.5, 0.6) is 0 Å². The van der Waals surface area contributed by atoms with Crippen LogP contribution in [0.25, 0.3) is 0 Å². The number of nitrogens with zero attached hydrogens (tertiary/aromatic N) is 1. The first-order valence-electron chi connectivity index (χ1n) is 7.10. The summed E-state index contributed by atoms with van der Waals surface area (Å²) >= 11 is 0. The van der Waals surface area contributed by atoms with Crippen molar-refractivity contribution in [2.75, 3.05) is 19.7 Å². The average molecular weight is 261 g/mol. The van der Waals surface area contributed by atoms with Gasteiger partial charge in [0.25, 0.3) is 5.91 Å². The number of hydrogen-bond donors (Lipinski definition) is 1. The van der Waals surface area contributed by atoms with Crippen LogP contribution in [0, 0.1) is 19.8 Å². The molecule has 0 aliphatic carbocycles. The normalized spacial score (nSPS) is 19.5. The van der Waals surface area contributed by atoms with Gasteiger partial charge in [0, 0.05) is 25.3 Å². The number of aryl methyl sites for hydroxylation is 2. The lowest BCUT2D eigenvalue weighted by Gasteiger charge is -2.33. The van der Waals surface area contributed by atoms with Crippen LogP contribution in [0.4, 0.5) is 0 Å². The fourth-order valence-corrected chi connectivity index (χ4v) is 2.98. The highest BCUT2D eigenvalue weighted by Gasteiger charge is 2.25. The SMILES string of the molecule is Cc1cccc(C)c1C(=O)N1CCCC(CCO)C1. The minimum atomic E-state index is 0.151. The molecule has 3 heteroatoms. The molecule has 1 amide bonds. The molecular formula is C16H23NO2. The van der Waals surface area contributed by atoms with Gasteiger partial charge in [0.1, 0.15) is 0 Å². The number of piperidine rings is 1. The Morgan fingerprint density at radius 1 is 1.37 bits per heavy atom. The Labute approximate surface area is 115 Å². The van der Waals surface area contributed by atoms with Crippen molar-refractivity contribution in [3.63, 3.8) is 0 Å². The van der Waals surface area contributed by atoms with E-state index in [1.807, 2.05) is 36.9 Å². The molecule has 0 radical (unpaired) electrons. The second kappa shape index (κ2) is 6.20. The van der Waals surface area contributed by atoms with E-state index in [0.717, 1.165) is 49.0 Å². The first-order valence-corrected chi connectivity index (χ1v) is 7.10. The van der Waals surface area contributed by atoms with Crippen molar-refractivity contribution < 1.29 is 9.90 Å². The number of carbonyl (C=O) groups excluding carboxylic acids is 1. The van der Waals surface area contributed by atoms with Crippen molar-refractivity contribution in [2.24, 2.45) is 5.92 Å². The van der Waals surface area contributed by atoms with Crippen LogP contribution in [0.15, 0.2) is 18.2 Å². The predicted octanol–water partition coefficient (Wildman–Crippen LogP) is 2.54. The van der Waals surface area contributed by atoms with E-state index in [0.29, 0.717) is 5.92 Å². The van der Waals surface area contributed by atoms with Gasteiger partial charge in [-0.15, -0.1) is 0 Å². The average Bonchev–Trinajstić information content (AvgIpc) is 2.39. The quantitative estimate of drug-likeness (QED) is 0.908. The van der Waals surface area contributed by atoms with E-state index in [1.165, 1.54) is 0 Å². The lowest BCUT2D eigenvalue weighted by molar-refractivity contribution is 0.0652. The maximum absolute atomic E-state index is 12.7. The van der Waals surface area contributed by atoms with Crippen LogP contribution in [0.2, 0.25) is 0 Å². The van der Waals surface area contributed by atoms with Crippen molar-refractivity contribution in [1.82, 2.24) is 4.90 Å². The molecule has 1 atom stereocenters. The van der Waals surface area contributed by atoms with Crippen molar-refractivity contribution in [2.45, 2.75) is 33.1 Å². The number of hydrogen-bond acceptors (Lipinski definition) is 2. The van der Waals surface area contributed by atoms with Gasteiger partial charge in [0.05, 0.1) is 0 Å². The molecule has 104 valence electrons. The van der Waals surface area contributed by atoms with E-state index in [4.69, 9.17) is 5.11 Å². The molecule has 1 aliphatic heterocycles. The van der Waals surface area contributed by atoms with E-state index >= 15 is 0 Å². The molecule has 3 nitrogen and oxygen atoms in total. The number of amides is 1. The molecule has 0 saturated carbocycles. The minimum absolute atomic E-state index is 0.151. The number of aliphatic hydroxyl groups is 1. The zero-order chi connectivity index (χ0) is 13.8. The molecule has 1 unspecified atom stereocenters. The highest BCUT2D eigenvalue weighted by Crippen LogP contribution is 2.23. The van der Waals surface area contributed by atoms with Gasteiger partial charge in [-0.2, -0.15) is 0 Å². The first kappa shape index (κ1) is 14.1. The fraction of sp³-hybridized carbons (Fsp3) is 0.562. The molecule has 1 N–H and O–H groups in total. The lowest BCUT2D eigenvalue weighted by atomic mass is 9.93. The van der Waals surface area contributed by atoms with Gasteiger partial charge < -0.3 is 10.0 Å². The summed E-state index contributed by atoms with van der Waals surface area (Å²) in [5, 5.41) is 9.05. The second-order valence-electron chi connectivity index (χ2n) is 5.54. The van der Waals surface area contributed by atoms with Crippen LogP contribution in [-0.2, 0) is 0 Å². The number of likely N-dealkylation sites (tertiary alicyclic amines) is 1. The van der Waals surface area contributed by atoms with Crippen LogP contribution in [0.3, 0.4) is 0 Å². The third-order valence-electron chi connectivity index (χ3n) is 4.04. The number of rotatable bonds is 3. The summed E-state index contributed by atoms with van der Waals surface area (Å²) in [6.45, 7) is 5.84. The zero-order valence-electron chi connectivity index (χ0n) is 11.9.